The molecule has 1 aromatic heterocycles. The molecule has 2 aromatic carbocycles. The Balaban J connectivity index is 1.70. The maximum atomic E-state index is 13.8. The molecule has 2 heterocycles. The molecule has 0 spiro atoms. The summed E-state index contributed by atoms with van der Waals surface area (Å²) >= 11 is 0. The summed E-state index contributed by atoms with van der Waals surface area (Å²) < 4.78 is 38.2. The van der Waals surface area contributed by atoms with E-state index >= 15 is 0 Å². The quantitative estimate of drug-likeness (QED) is 0.738. The first-order chi connectivity index (χ1) is 13.1. The molecular formula is C20H18F2N2O3. The number of hydrogen-bond donors (Lipinski definition) is 2. The molecule has 0 fully saturated rings. The summed E-state index contributed by atoms with van der Waals surface area (Å²) in [6, 6.07) is 9.39. The van der Waals surface area contributed by atoms with E-state index in [0.717, 1.165) is 29.0 Å². The Labute approximate surface area is 153 Å². The van der Waals surface area contributed by atoms with Gasteiger partial charge in [0.2, 0.25) is 0 Å². The van der Waals surface area contributed by atoms with Crippen LogP contribution in [0.5, 0.6) is 5.75 Å². The van der Waals surface area contributed by atoms with Gasteiger partial charge in [-0.1, -0.05) is 12.1 Å². The van der Waals surface area contributed by atoms with E-state index in [4.69, 9.17) is 9.47 Å². The fraction of sp³-hybridized carbons (Fsp3) is 0.250. The van der Waals surface area contributed by atoms with Gasteiger partial charge in [0.25, 0.3) is 5.56 Å². The minimum atomic E-state index is -1.04. The predicted octanol–water partition coefficient (Wildman–Crippen LogP) is 3.18. The van der Waals surface area contributed by atoms with Crippen molar-refractivity contribution in [2.24, 2.45) is 0 Å². The molecule has 27 heavy (non-hydrogen) atoms. The SMILES string of the molecule is COc1ccc(CNC2COCc3[nH]c(=O)c4cc(F)c(F)cc4c32)cc1. The molecule has 0 amide bonds. The van der Waals surface area contributed by atoms with Crippen LogP contribution in [0, 0.1) is 11.6 Å². The molecule has 0 saturated heterocycles. The summed E-state index contributed by atoms with van der Waals surface area (Å²) in [5.74, 6) is -1.25. The van der Waals surface area contributed by atoms with Gasteiger partial charge in [0.1, 0.15) is 5.75 Å². The van der Waals surface area contributed by atoms with Gasteiger partial charge in [0.05, 0.1) is 31.8 Å². The largest absolute Gasteiger partial charge is 0.497 e. The highest BCUT2D eigenvalue weighted by Gasteiger charge is 2.25. The van der Waals surface area contributed by atoms with Crippen LogP contribution < -0.4 is 15.6 Å². The van der Waals surface area contributed by atoms with Crippen molar-refractivity contribution in [1.29, 1.82) is 0 Å². The van der Waals surface area contributed by atoms with Crippen LogP contribution in [0.1, 0.15) is 22.9 Å². The Morgan fingerprint density at radius 2 is 1.89 bits per heavy atom. The van der Waals surface area contributed by atoms with Gasteiger partial charge in [-0.2, -0.15) is 0 Å². The zero-order valence-corrected chi connectivity index (χ0v) is 14.6. The summed E-state index contributed by atoms with van der Waals surface area (Å²) in [5.41, 5.74) is 1.90. The summed E-state index contributed by atoms with van der Waals surface area (Å²) in [6.07, 6.45) is 0. The highest BCUT2D eigenvalue weighted by atomic mass is 19.2. The second-order valence-corrected chi connectivity index (χ2v) is 6.45. The normalized spacial score (nSPS) is 16.3. The lowest BCUT2D eigenvalue weighted by Gasteiger charge is -2.28. The first kappa shape index (κ1) is 17.6. The van der Waals surface area contributed by atoms with Crippen LogP contribution >= 0.6 is 0 Å². The molecule has 7 heteroatoms. The Kier molecular flexibility index (Phi) is 4.63. The number of pyridine rings is 1. The smallest absolute Gasteiger partial charge is 0.256 e. The number of benzene rings is 2. The van der Waals surface area contributed by atoms with Gasteiger partial charge in [0.15, 0.2) is 11.6 Å². The van der Waals surface area contributed by atoms with E-state index in [1.165, 1.54) is 0 Å². The molecule has 1 aliphatic heterocycles. The van der Waals surface area contributed by atoms with E-state index in [2.05, 4.69) is 10.3 Å². The van der Waals surface area contributed by atoms with Crippen LogP contribution in [0.2, 0.25) is 0 Å². The van der Waals surface area contributed by atoms with Crippen molar-refractivity contribution in [1.82, 2.24) is 10.3 Å². The Bertz CT molecular complexity index is 1050. The zero-order valence-electron chi connectivity index (χ0n) is 14.6. The average molecular weight is 372 g/mol. The molecule has 0 saturated carbocycles. The summed E-state index contributed by atoms with van der Waals surface area (Å²) in [6.45, 7) is 1.13. The van der Waals surface area contributed by atoms with Crippen molar-refractivity contribution in [3.8, 4) is 5.75 Å². The number of halogens is 2. The number of fused-ring (bicyclic) bond motifs is 3. The lowest BCUT2D eigenvalue weighted by molar-refractivity contribution is 0.0792. The Hall–Kier alpha value is -2.77. The average Bonchev–Trinajstić information content (AvgIpc) is 2.68. The van der Waals surface area contributed by atoms with Gasteiger partial charge < -0.3 is 19.8 Å². The highest BCUT2D eigenvalue weighted by Crippen LogP contribution is 2.30. The number of aromatic amines is 1. The molecule has 4 rings (SSSR count). The van der Waals surface area contributed by atoms with Crippen LogP contribution in [-0.2, 0) is 17.9 Å². The van der Waals surface area contributed by atoms with Crippen LogP contribution in [0.15, 0.2) is 41.2 Å². The standard InChI is InChI=1S/C20H18F2N2O3/c1-26-12-4-2-11(3-5-12)8-23-17-9-27-10-18-19(17)13-6-15(21)16(22)7-14(13)20(25)24-18/h2-7,17,23H,8-10H2,1H3,(H,24,25). The van der Waals surface area contributed by atoms with Crippen molar-refractivity contribution >= 4 is 10.8 Å². The van der Waals surface area contributed by atoms with Gasteiger partial charge in [-0.3, -0.25) is 4.79 Å². The van der Waals surface area contributed by atoms with Crippen LogP contribution in [0.4, 0.5) is 8.78 Å². The predicted molar refractivity (Wildman–Crippen MR) is 96.7 cm³/mol. The van der Waals surface area contributed by atoms with Gasteiger partial charge in [-0.15, -0.1) is 0 Å². The van der Waals surface area contributed by atoms with Crippen molar-refractivity contribution in [2.75, 3.05) is 13.7 Å². The molecule has 0 radical (unpaired) electrons. The Morgan fingerprint density at radius 1 is 1.19 bits per heavy atom. The maximum Gasteiger partial charge on any atom is 0.256 e. The van der Waals surface area contributed by atoms with Crippen molar-refractivity contribution in [3.63, 3.8) is 0 Å². The lowest BCUT2D eigenvalue weighted by Crippen LogP contribution is -2.32. The minimum Gasteiger partial charge on any atom is -0.497 e. The van der Waals surface area contributed by atoms with E-state index in [-0.39, 0.29) is 18.0 Å². The van der Waals surface area contributed by atoms with Crippen LogP contribution in [0.3, 0.4) is 0 Å². The van der Waals surface area contributed by atoms with Gasteiger partial charge in [-0.25, -0.2) is 8.78 Å². The molecule has 5 nitrogen and oxygen atoms in total. The Morgan fingerprint density at radius 3 is 2.59 bits per heavy atom. The zero-order chi connectivity index (χ0) is 19.0. The molecule has 0 bridgehead atoms. The molecule has 2 N–H and O–H groups in total. The monoisotopic (exact) mass is 372 g/mol. The lowest BCUT2D eigenvalue weighted by atomic mass is 9.96. The number of ether oxygens (including phenoxy) is 2. The molecule has 1 aliphatic rings. The topological polar surface area (TPSA) is 63.4 Å². The molecule has 140 valence electrons. The van der Waals surface area contributed by atoms with Crippen LogP contribution in [-0.4, -0.2) is 18.7 Å². The van der Waals surface area contributed by atoms with E-state index in [1.807, 2.05) is 24.3 Å². The first-order valence-electron chi connectivity index (χ1n) is 8.54. The number of methoxy groups -OCH3 is 1. The number of hydrogen-bond acceptors (Lipinski definition) is 4. The summed E-state index contributed by atoms with van der Waals surface area (Å²) in [7, 11) is 1.61. The van der Waals surface area contributed by atoms with Gasteiger partial charge in [0, 0.05) is 17.8 Å². The molecule has 1 atom stereocenters. The third-order valence-corrected chi connectivity index (χ3v) is 4.78. The second-order valence-electron chi connectivity index (χ2n) is 6.45. The minimum absolute atomic E-state index is 0.130. The van der Waals surface area contributed by atoms with E-state index < -0.39 is 17.2 Å². The van der Waals surface area contributed by atoms with Crippen molar-refractivity contribution in [2.45, 2.75) is 19.2 Å². The fourth-order valence-electron chi connectivity index (χ4n) is 3.41. The van der Waals surface area contributed by atoms with E-state index in [0.29, 0.717) is 24.2 Å². The number of rotatable bonds is 4. The first-order valence-corrected chi connectivity index (χ1v) is 8.54. The van der Waals surface area contributed by atoms with E-state index in [1.54, 1.807) is 7.11 Å². The number of nitrogens with one attached hydrogen (secondary N) is 2. The van der Waals surface area contributed by atoms with E-state index in [9.17, 15) is 13.6 Å². The van der Waals surface area contributed by atoms with Crippen molar-refractivity contribution < 1.29 is 18.3 Å². The second kappa shape index (κ2) is 7.09. The summed E-state index contributed by atoms with van der Waals surface area (Å²) in [4.78, 5) is 15.0. The highest BCUT2D eigenvalue weighted by molar-refractivity contribution is 5.86. The molecule has 3 aromatic rings. The van der Waals surface area contributed by atoms with Crippen molar-refractivity contribution in [3.05, 3.63) is 75.2 Å². The molecule has 0 aliphatic carbocycles. The van der Waals surface area contributed by atoms with Crippen LogP contribution in [0.25, 0.3) is 10.8 Å². The van der Waals surface area contributed by atoms with Gasteiger partial charge in [-0.05, 0) is 35.2 Å². The number of H-pyrrole nitrogens is 1. The molecular weight excluding hydrogens is 354 g/mol. The third kappa shape index (κ3) is 3.31. The van der Waals surface area contributed by atoms with Gasteiger partial charge >= 0.3 is 0 Å². The molecule has 1 unspecified atom stereocenters. The fourth-order valence-corrected chi connectivity index (χ4v) is 3.41. The maximum absolute atomic E-state index is 13.8. The third-order valence-electron chi connectivity index (χ3n) is 4.78. The summed E-state index contributed by atoms with van der Waals surface area (Å²) in [5, 5.41) is 3.91. The number of aromatic nitrogens is 1.